The molecule has 19 heavy (non-hydrogen) atoms. The lowest BCUT2D eigenvalue weighted by Gasteiger charge is -2.27. The Labute approximate surface area is 105 Å². The molecule has 1 aliphatic heterocycles. The predicted molar refractivity (Wildman–Crippen MR) is 53.9 cm³/mol. The highest BCUT2D eigenvalue weighted by Gasteiger charge is 2.62. The average Bonchev–Trinajstić information content (AvgIpc) is 2.60. The fraction of sp³-hybridized carbons (Fsp3) is 0.900. The minimum absolute atomic E-state index is 0.131. The largest absolute Gasteiger partial charge is 0.409 e. The maximum absolute atomic E-state index is 12.4. The highest BCUT2D eigenvalue weighted by molar-refractivity contribution is 5.80. The van der Waals surface area contributed by atoms with Gasteiger partial charge in [0.15, 0.2) is 0 Å². The zero-order valence-electron chi connectivity index (χ0n) is 10.1. The Balaban J connectivity index is 2.86. The molecule has 0 saturated carbocycles. The molecule has 0 aromatic carbocycles. The summed E-state index contributed by atoms with van der Waals surface area (Å²) >= 11 is 0. The zero-order chi connectivity index (χ0) is 15.0. The Morgan fingerprint density at radius 1 is 1.21 bits per heavy atom. The SMILES string of the molecule is CC(N)C1CCN(C(=O)C(C(F)(F)F)C(F)(F)F)C1. The van der Waals surface area contributed by atoms with E-state index in [1.165, 1.54) is 0 Å². The standard InChI is InChI=1S/C10H14F6N2O/c1-5(17)6-2-3-18(4-6)8(19)7(9(11,12)13)10(14,15)16/h5-7H,2-4,17H2,1H3. The first-order valence-electron chi connectivity index (χ1n) is 5.62. The monoisotopic (exact) mass is 292 g/mol. The van der Waals surface area contributed by atoms with Crippen molar-refractivity contribution in [3.63, 3.8) is 0 Å². The van der Waals surface area contributed by atoms with Crippen molar-refractivity contribution >= 4 is 5.91 Å². The number of carbonyl (C=O) groups is 1. The molecule has 2 N–H and O–H groups in total. The van der Waals surface area contributed by atoms with Crippen molar-refractivity contribution in [1.29, 1.82) is 0 Å². The number of alkyl halides is 6. The smallest absolute Gasteiger partial charge is 0.342 e. The molecule has 0 aromatic rings. The summed E-state index contributed by atoms with van der Waals surface area (Å²) in [6, 6.07) is -0.381. The molecule has 1 rings (SSSR count). The molecule has 3 nitrogen and oxygen atoms in total. The number of likely N-dealkylation sites (tertiary alicyclic amines) is 1. The number of rotatable bonds is 2. The quantitative estimate of drug-likeness (QED) is 0.790. The van der Waals surface area contributed by atoms with Gasteiger partial charge in [0.05, 0.1) is 0 Å². The summed E-state index contributed by atoms with van der Waals surface area (Å²) < 4.78 is 74.3. The molecule has 1 saturated heterocycles. The third kappa shape index (κ3) is 3.74. The number of hydrogen-bond donors (Lipinski definition) is 1. The van der Waals surface area contributed by atoms with Crippen LogP contribution in [0, 0.1) is 11.8 Å². The molecule has 1 amide bonds. The van der Waals surface area contributed by atoms with Gasteiger partial charge in [0.1, 0.15) is 0 Å². The van der Waals surface area contributed by atoms with Crippen molar-refractivity contribution in [2.24, 2.45) is 17.6 Å². The normalized spacial score (nSPS) is 23.0. The summed E-state index contributed by atoms with van der Waals surface area (Å²) in [7, 11) is 0. The van der Waals surface area contributed by atoms with Crippen LogP contribution in [0.5, 0.6) is 0 Å². The van der Waals surface area contributed by atoms with Gasteiger partial charge in [0.2, 0.25) is 11.8 Å². The molecule has 2 atom stereocenters. The molecule has 0 aliphatic carbocycles. The van der Waals surface area contributed by atoms with Crippen LogP contribution in [0.25, 0.3) is 0 Å². The maximum Gasteiger partial charge on any atom is 0.409 e. The van der Waals surface area contributed by atoms with Gasteiger partial charge in [-0.2, -0.15) is 26.3 Å². The molecule has 2 unspecified atom stereocenters. The Kier molecular flexibility index (Phi) is 4.38. The first kappa shape index (κ1) is 16.1. The second-order valence-corrected chi connectivity index (χ2v) is 4.71. The summed E-state index contributed by atoms with van der Waals surface area (Å²) in [4.78, 5) is 12.0. The van der Waals surface area contributed by atoms with Crippen molar-refractivity contribution in [3.05, 3.63) is 0 Å². The number of halogens is 6. The Morgan fingerprint density at radius 2 is 1.68 bits per heavy atom. The predicted octanol–water partition coefficient (Wildman–Crippen LogP) is 1.92. The van der Waals surface area contributed by atoms with Gasteiger partial charge in [-0.05, 0) is 19.3 Å². The molecular weight excluding hydrogens is 278 g/mol. The van der Waals surface area contributed by atoms with Gasteiger partial charge < -0.3 is 10.6 Å². The molecule has 0 radical (unpaired) electrons. The van der Waals surface area contributed by atoms with Crippen LogP contribution >= 0.6 is 0 Å². The van der Waals surface area contributed by atoms with Gasteiger partial charge in [-0.3, -0.25) is 4.79 Å². The molecule has 0 aromatic heterocycles. The van der Waals surface area contributed by atoms with E-state index >= 15 is 0 Å². The Hall–Kier alpha value is -0.990. The van der Waals surface area contributed by atoms with Crippen LogP contribution in [0.1, 0.15) is 13.3 Å². The third-order valence-electron chi connectivity index (χ3n) is 3.18. The average molecular weight is 292 g/mol. The van der Waals surface area contributed by atoms with E-state index in [2.05, 4.69) is 0 Å². The summed E-state index contributed by atoms with van der Waals surface area (Å²) in [6.07, 6.45) is -11.0. The Bertz CT molecular complexity index is 324. The van der Waals surface area contributed by atoms with E-state index in [1.54, 1.807) is 6.92 Å². The van der Waals surface area contributed by atoms with Gasteiger partial charge in [-0.15, -0.1) is 0 Å². The van der Waals surface area contributed by atoms with Gasteiger partial charge >= 0.3 is 12.4 Å². The van der Waals surface area contributed by atoms with E-state index in [0.717, 1.165) is 0 Å². The molecule has 0 bridgehead atoms. The molecule has 1 heterocycles. The topological polar surface area (TPSA) is 46.3 Å². The molecular formula is C10H14F6N2O. The number of nitrogens with two attached hydrogens (primary N) is 1. The van der Waals surface area contributed by atoms with E-state index in [9.17, 15) is 31.1 Å². The van der Waals surface area contributed by atoms with E-state index in [-0.39, 0.29) is 25.0 Å². The number of nitrogens with zero attached hydrogens (tertiary/aromatic N) is 1. The number of amides is 1. The Morgan fingerprint density at radius 3 is 2.00 bits per heavy atom. The van der Waals surface area contributed by atoms with Crippen LogP contribution in [0.3, 0.4) is 0 Å². The summed E-state index contributed by atoms with van der Waals surface area (Å²) in [5.74, 6) is -6.17. The van der Waals surface area contributed by atoms with Crippen LogP contribution in [0.2, 0.25) is 0 Å². The van der Waals surface area contributed by atoms with E-state index in [0.29, 0.717) is 11.3 Å². The fourth-order valence-corrected chi connectivity index (χ4v) is 2.06. The highest BCUT2D eigenvalue weighted by atomic mass is 19.4. The summed E-state index contributed by atoms with van der Waals surface area (Å²) in [5, 5.41) is 0. The van der Waals surface area contributed by atoms with Gasteiger partial charge in [-0.25, -0.2) is 0 Å². The van der Waals surface area contributed by atoms with Crippen LogP contribution < -0.4 is 5.73 Å². The molecule has 9 heteroatoms. The highest BCUT2D eigenvalue weighted by Crippen LogP contribution is 2.41. The fourth-order valence-electron chi connectivity index (χ4n) is 2.06. The van der Waals surface area contributed by atoms with Crippen molar-refractivity contribution in [3.8, 4) is 0 Å². The first-order valence-corrected chi connectivity index (χ1v) is 5.62. The summed E-state index contributed by atoms with van der Waals surface area (Å²) in [5.41, 5.74) is 5.53. The van der Waals surface area contributed by atoms with Gasteiger partial charge in [-0.1, -0.05) is 0 Å². The second-order valence-electron chi connectivity index (χ2n) is 4.71. The van der Waals surface area contributed by atoms with E-state index in [1.807, 2.05) is 0 Å². The number of carbonyl (C=O) groups excluding carboxylic acids is 1. The second kappa shape index (κ2) is 5.18. The molecule has 1 fully saturated rings. The van der Waals surface area contributed by atoms with Crippen LogP contribution in [0.4, 0.5) is 26.3 Å². The zero-order valence-corrected chi connectivity index (χ0v) is 10.1. The lowest BCUT2D eigenvalue weighted by molar-refractivity contribution is -0.277. The van der Waals surface area contributed by atoms with Crippen molar-refractivity contribution in [2.45, 2.75) is 31.7 Å². The lowest BCUT2D eigenvalue weighted by Crippen LogP contribution is -2.49. The molecule has 0 spiro atoms. The van der Waals surface area contributed by atoms with Crippen molar-refractivity contribution in [1.82, 2.24) is 4.90 Å². The minimum Gasteiger partial charge on any atom is -0.342 e. The van der Waals surface area contributed by atoms with Crippen LogP contribution in [-0.4, -0.2) is 42.3 Å². The van der Waals surface area contributed by atoms with Gasteiger partial charge in [0, 0.05) is 19.1 Å². The van der Waals surface area contributed by atoms with Crippen molar-refractivity contribution in [2.75, 3.05) is 13.1 Å². The maximum atomic E-state index is 12.4. The minimum atomic E-state index is -5.64. The molecule has 112 valence electrons. The first-order chi connectivity index (χ1) is 8.44. The third-order valence-corrected chi connectivity index (χ3v) is 3.18. The number of hydrogen-bond acceptors (Lipinski definition) is 2. The van der Waals surface area contributed by atoms with Crippen LogP contribution in [0.15, 0.2) is 0 Å². The lowest BCUT2D eigenvalue weighted by atomic mass is 10.0. The van der Waals surface area contributed by atoms with Crippen molar-refractivity contribution < 1.29 is 31.1 Å². The van der Waals surface area contributed by atoms with Crippen LogP contribution in [-0.2, 0) is 4.79 Å². The van der Waals surface area contributed by atoms with E-state index in [4.69, 9.17) is 5.73 Å². The van der Waals surface area contributed by atoms with E-state index < -0.39 is 24.2 Å². The molecule has 1 aliphatic rings. The summed E-state index contributed by atoms with van der Waals surface area (Å²) in [6.45, 7) is 1.30. The van der Waals surface area contributed by atoms with Gasteiger partial charge in [0.25, 0.3) is 0 Å².